The molecule has 4 unspecified atom stereocenters. The van der Waals surface area contributed by atoms with Crippen molar-refractivity contribution in [3.63, 3.8) is 0 Å². The summed E-state index contributed by atoms with van der Waals surface area (Å²) < 4.78 is 0. The Bertz CT molecular complexity index is 766. The molecule has 0 aliphatic rings. The second-order valence-corrected chi connectivity index (χ2v) is 6.37. The number of aliphatic hydroxyl groups excluding tert-OH is 1. The molecular weight excluding hydrogens is 404 g/mol. The lowest BCUT2D eigenvalue weighted by molar-refractivity contribution is -0.147. The van der Waals surface area contributed by atoms with E-state index in [4.69, 9.17) is 15.9 Å². The van der Waals surface area contributed by atoms with Crippen LogP contribution in [-0.4, -0.2) is 85.7 Å². The van der Waals surface area contributed by atoms with Crippen LogP contribution in [0.1, 0.15) is 19.0 Å². The highest BCUT2D eigenvalue weighted by atomic mass is 16.4. The van der Waals surface area contributed by atoms with E-state index in [0.29, 0.717) is 5.69 Å². The number of amides is 3. The SMILES string of the molecule is CC(N)C(=O)NC(Cc1cnc[nH]1)C(=O)NC(CO)C(=O)NC(CC(=O)O)C(=O)O. The molecule has 0 fully saturated rings. The summed E-state index contributed by atoms with van der Waals surface area (Å²) in [6, 6.07) is -5.48. The van der Waals surface area contributed by atoms with E-state index in [9.17, 15) is 29.1 Å². The van der Waals surface area contributed by atoms with Crippen LogP contribution in [0.3, 0.4) is 0 Å². The van der Waals surface area contributed by atoms with Gasteiger partial charge in [-0.15, -0.1) is 0 Å². The van der Waals surface area contributed by atoms with Crippen molar-refractivity contribution in [1.82, 2.24) is 25.9 Å². The summed E-state index contributed by atoms with van der Waals surface area (Å²) in [6.07, 6.45) is 1.83. The number of nitrogens with zero attached hydrogens (tertiary/aromatic N) is 1. The molecule has 4 atom stereocenters. The van der Waals surface area contributed by atoms with Gasteiger partial charge >= 0.3 is 11.9 Å². The van der Waals surface area contributed by atoms with Crippen molar-refractivity contribution in [1.29, 1.82) is 0 Å². The molecule has 0 spiro atoms. The first-order valence-electron chi connectivity index (χ1n) is 8.74. The third-order valence-corrected chi connectivity index (χ3v) is 3.83. The van der Waals surface area contributed by atoms with Crippen LogP contribution in [-0.2, 0) is 30.4 Å². The Kier molecular flexibility index (Phi) is 9.38. The number of carboxylic acid groups (broad SMARTS) is 2. The van der Waals surface area contributed by atoms with E-state index in [0.717, 1.165) is 0 Å². The van der Waals surface area contributed by atoms with Gasteiger partial charge in [0.2, 0.25) is 17.7 Å². The first-order chi connectivity index (χ1) is 14.0. The van der Waals surface area contributed by atoms with Crippen LogP contribution in [0.5, 0.6) is 0 Å². The van der Waals surface area contributed by atoms with Crippen molar-refractivity contribution >= 4 is 29.7 Å². The Morgan fingerprint density at radius 3 is 2.07 bits per heavy atom. The quantitative estimate of drug-likeness (QED) is 0.162. The Morgan fingerprint density at radius 2 is 1.60 bits per heavy atom. The average Bonchev–Trinajstić information content (AvgIpc) is 3.17. The van der Waals surface area contributed by atoms with Gasteiger partial charge < -0.3 is 42.0 Å². The molecule has 0 aliphatic carbocycles. The fourth-order valence-corrected chi connectivity index (χ4v) is 2.24. The van der Waals surface area contributed by atoms with Crippen LogP contribution in [0.25, 0.3) is 0 Å². The lowest BCUT2D eigenvalue weighted by Gasteiger charge is -2.23. The van der Waals surface area contributed by atoms with Gasteiger partial charge in [-0.05, 0) is 6.92 Å². The normalized spacial score (nSPS) is 14.6. The maximum absolute atomic E-state index is 12.6. The molecule has 14 nitrogen and oxygen atoms in total. The standard InChI is InChI=1S/C16H24N6O8/c1-7(17)13(26)20-9(2-8-4-18-6-19-8)14(27)22-11(5-23)15(28)21-10(16(29)30)3-12(24)25/h4,6-7,9-11,23H,2-3,5,17H2,1H3,(H,18,19)(H,20,26)(H,21,28)(H,22,27)(H,24,25)(H,29,30). The number of aliphatic carboxylic acids is 2. The predicted molar refractivity (Wildman–Crippen MR) is 98.7 cm³/mol. The van der Waals surface area contributed by atoms with E-state index < -0.39 is 66.9 Å². The van der Waals surface area contributed by atoms with Crippen LogP contribution >= 0.6 is 0 Å². The summed E-state index contributed by atoms with van der Waals surface area (Å²) in [6.45, 7) is 0.494. The number of nitrogens with two attached hydrogens (primary N) is 1. The number of hydrogen-bond acceptors (Lipinski definition) is 8. The van der Waals surface area contributed by atoms with Crippen molar-refractivity contribution in [2.24, 2.45) is 5.73 Å². The number of rotatable bonds is 12. The molecule has 0 bridgehead atoms. The van der Waals surface area contributed by atoms with Gasteiger partial charge in [0.05, 0.1) is 25.4 Å². The van der Waals surface area contributed by atoms with E-state index in [-0.39, 0.29) is 6.42 Å². The van der Waals surface area contributed by atoms with E-state index in [1.165, 1.54) is 19.4 Å². The number of carboxylic acids is 2. The van der Waals surface area contributed by atoms with Crippen LogP contribution in [0, 0.1) is 0 Å². The van der Waals surface area contributed by atoms with Crippen molar-refractivity contribution in [3.8, 4) is 0 Å². The maximum atomic E-state index is 12.6. The third-order valence-electron chi connectivity index (χ3n) is 3.83. The average molecular weight is 428 g/mol. The molecule has 0 aromatic carbocycles. The molecule has 166 valence electrons. The number of aromatic nitrogens is 2. The molecule has 1 aromatic rings. The van der Waals surface area contributed by atoms with E-state index in [1.54, 1.807) is 0 Å². The van der Waals surface area contributed by atoms with Crippen molar-refractivity contribution in [2.45, 2.75) is 43.9 Å². The summed E-state index contributed by atoms with van der Waals surface area (Å²) in [7, 11) is 0. The molecule has 1 aromatic heterocycles. The van der Waals surface area contributed by atoms with Crippen molar-refractivity contribution in [3.05, 3.63) is 18.2 Å². The van der Waals surface area contributed by atoms with Gasteiger partial charge in [0.15, 0.2) is 0 Å². The van der Waals surface area contributed by atoms with Crippen molar-refractivity contribution in [2.75, 3.05) is 6.61 Å². The number of imidazole rings is 1. The molecule has 0 saturated carbocycles. The van der Waals surface area contributed by atoms with Crippen LogP contribution < -0.4 is 21.7 Å². The zero-order valence-electron chi connectivity index (χ0n) is 16.0. The summed E-state index contributed by atoms with van der Waals surface area (Å²) in [5.41, 5.74) is 5.97. The lowest BCUT2D eigenvalue weighted by Crippen LogP contribution is -2.58. The first-order valence-corrected chi connectivity index (χ1v) is 8.74. The number of nitrogens with one attached hydrogen (secondary N) is 4. The molecule has 1 heterocycles. The van der Waals surface area contributed by atoms with Gasteiger partial charge in [0.1, 0.15) is 18.1 Å². The van der Waals surface area contributed by atoms with Gasteiger partial charge in [-0.3, -0.25) is 19.2 Å². The summed E-state index contributed by atoms with van der Waals surface area (Å²) >= 11 is 0. The fourth-order valence-electron chi connectivity index (χ4n) is 2.24. The summed E-state index contributed by atoms with van der Waals surface area (Å²) in [4.78, 5) is 65.1. The predicted octanol–water partition coefficient (Wildman–Crippen LogP) is -3.69. The Labute approximate surface area is 170 Å². The van der Waals surface area contributed by atoms with E-state index >= 15 is 0 Å². The van der Waals surface area contributed by atoms with Crippen LogP contribution in [0.2, 0.25) is 0 Å². The largest absolute Gasteiger partial charge is 0.481 e. The van der Waals surface area contributed by atoms with E-state index in [2.05, 4.69) is 20.6 Å². The number of aromatic amines is 1. The number of aliphatic hydroxyl groups is 1. The van der Waals surface area contributed by atoms with E-state index in [1.807, 2.05) is 5.32 Å². The van der Waals surface area contributed by atoms with Crippen molar-refractivity contribution < 1.29 is 39.3 Å². The topological polar surface area (TPSA) is 237 Å². The van der Waals surface area contributed by atoms with Gasteiger partial charge in [-0.1, -0.05) is 0 Å². The number of carbonyl (C=O) groups excluding carboxylic acids is 3. The molecule has 3 amide bonds. The summed E-state index contributed by atoms with van der Waals surface area (Å²) in [5.74, 6) is -5.69. The van der Waals surface area contributed by atoms with Crippen LogP contribution in [0.4, 0.5) is 0 Å². The minimum absolute atomic E-state index is 0.0408. The molecule has 0 radical (unpaired) electrons. The number of carbonyl (C=O) groups is 5. The Hall–Kier alpha value is -3.52. The Balaban J connectivity index is 2.88. The third kappa shape index (κ3) is 7.84. The molecule has 0 saturated heterocycles. The van der Waals surface area contributed by atoms with Gasteiger partial charge in [-0.2, -0.15) is 0 Å². The second-order valence-electron chi connectivity index (χ2n) is 6.37. The molecule has 0 aliphatic heterocycles. The first kappa shape index (κ1) is 24.5. The monoisotopic (exact) mass is 428 g/mol. The minimum atomic E-state index is -1.76. The highest BCUT2D eigenvalue weighted by Gasteiger charge is 2.30. The highest BCUT2D eigenvalue weighted by molar-refractivity contribution is 5.94. The molecule has 30 heavy (non-hydrogen) atoms. The Morgan fingerprint density at radius 1 is 1.03 bits per heavy atom. The highest BCUT2D eigenvalue weighted by Crippen LogP contribution is 2.01. The zero-order chi connectivity index (χ0) is 22.8. The van der Waals surface area contributed by atoms with Gasteiger partial charge in [-0.25, -0.2) is 9.78 Å². The van der Waals surface area contributed by atoms with Gasteiger partial charge in [0, 0.05) is 18.3 Å². The molecule has 1 rings (SSSR count). The summed E-state index contributed by atoms with van der Waals surface area (Å²) in [5, 5.41) is 33.7. The molecule has 9 N–H and O–H groups in total. The molecule has 14 heteroatoms. The van der Waals surface area contributed by atoms with Crippen LogP contribution in [0.15, 0.2) is 12.5 Å². The fraction of sp³-hybridized carbons (Fsp3) is 0.500. The minimum Gasteiger partial charge on any atom is -0.481 e. The number of hydrogen-bond donors (Lipinski definition) is 8. The molecular formula is C16H24N6O8. The zero-order valence-corrected chi connectivity index (χ0v) is 16.0. The second kappa shape index (κ2) is 11.5. The smallest absolute Gasteiger partial charge is 0.326 e. The van der Waals surface area contributed by atoms with Gasteiger partial charge in [0.25, 0.3) is 0 Å². The number of H-pyrrole nitrogens is 1. The maximum Gasteiger partial charge on any atom is 0.326 e. The lowest BCUT2D eigenvalue weighted by atomic mass is 10.1.